The molecule has 0 aliphatic carbocycles. The summed E-state index contributed by atoms with van der Waals surface area (Å²) in [5.41, 5.74) is 0.850. The van der Waals surface area contributed by atoms with Crippen molar-refractivity contribution in [1.29, 1.82) is 0 Å². The second kappa shape index (κ2) is 4.47. The number of aryl methyl sites for hydroxylation is 1. The number of carbonyl (C=O) groups is 1. The third-order valence-corrected chi connectivity index (χ3v) is 3.09. The van der Waals surface area contributed by atoms with Crippen molar-refractivity contribution in [2.24, 2.45) is 0 Å². The second-order valence-corrected chi connectivity index (χ2v) is 4.53. The largest absolute Gasteiger partial charge is 0.390 e. The number of rotatable bonds is 3. The lowest BCUT2D eigenvalue weighted by Gasteiger charge is -2.38. The summed E-state index contributed by atoms with van der Waals surface area (Å²) in [5.74, 6) is 0.472. The predicted molar refractivity (Wildman–Crippen MR) is 62.1 cm³/mol. The van der Waals surface area contributed by atoms with Gasteiger partial charge in [-0.3, -0.25) is 4.79 Å². The first-order chi connectivity index (χ1) is 9.17. The first-order valence-electron chi connectivity index (χ1n) is 5.91. The highest BCUT2D eigenvalue weighted by Crippen LogP contribution is 2.22. The molecule has 0 bridgehead atoms. The van der Waals surface area contributed by atoms with Gasteiger partial charge in [-0.2, -0.15) is 0 Å². The van der Waals surface area contributed by atoms with Crippen LogP contribution in [0.1, 0.15) is 28.0 Å². The van der Waals surface area contributed by atoms with Crippen LogP contribution >= 0.6 is 0 Å². The van der Waals surface area contributed by atoms with Gasteiger partial charge in [0.25, 0.3) is 5.91 Å². The van der Waals surface area contributed by atoms with Gasteiger partial charge < -0.3 is 14.5 Å². The van der Waals surface area contributed by atoms with Gasteiger partial charge in [0.2, 0.25) is 0 Å². The van der Waals surface area contributed by atoms with E-state index in [0.29, 0.717) is 30.2 Å². The number of hydrogen-bond acceptors (Lipinski definition) is 6. The number of likely N-dealkylation sites (tertiary alicyclic amines) is 1. The molecule has 8 heteroatoms. The Bertz CT molecular complexity index is 599. The summed E-state index contributed by atoms with van der Waals surface area (Å²) in [5, 5.41) is 20.3. The van der Waals surface area contributed by atoms with Crippen molar-refractivity contribution in [2.45, 2.75) is 19.6 Å². The van der Waals surface area contributed by atoms with Crippen molar-refractivity contribution in [3.8, 4) is 0 Å². The molecule has 3 heterocycles. The summed E-state index contributed by atoms with van der Waals surface area (Å²) in [7, 11) is 0. The average molecular weight is 263 g/mol. The monoisotopic (exact) mass is 263 g/mol. The fourth-order valence-electron chi connectivity index (χ4n) is 1.98. The van der Waals surface area contributed by atoms with E-state index >= 15 is 0 Å². The number of nitrogens with zero attached hydrogens (tertiary/aromatic N) is 5. The fraction of sp³-hybridized carbons (Fsp3) is 0.455. The predicted octanol–water partition coefficient (Wildman–Crippen LogP) is -0.236. The highest BCUT2D eigenvalue weighted by molar-refractivity contribution is 5.92. The van der Waals surface area contributed by atoms with Crippen molar-refractivity contribution in [3.05, 3.63) is 29.4 Å². The maximum atomic E-state index is 12.0. The van der Waals surface area contributed by atoms with Gasteiger partial charge >= 0.3 is 0 Å². The summed E-state index contributed by atoms with van der Waals surface area (Å²) in [4.78, 5) is 13.7. The van der Waals surface area contributed by atoms with E-state index in [4.69, 9.17) is 9.63 Å². The highest BCUT2D eigenvalue weighted by atomic mass is 16.5. The van der Waals surface area contributed by atoms with Crippen LogP contribution in [0.5, 0.6) is 0 Å². The Balaban J connectivity index is 1.62. The zero-order valence-electron chi connectivity index (χ0n) is 10.4. The van der Waals surface area contributed by atoms with E-state index < -0.39 is 0 Å². The molecule has 1 aliphatic rings. The number of aliphatic hydroxyl groups excluding tert-OH is 1. The molecule has 8 nitrogen and oxygen atoms in total. The SMILES string of the molecule is Cc1cc(C(=O)N2CC(n3cc(CO)nn3)C2)no1. The molecule has 19 heavy (non-hydrogen) atoms. The molecule has 1 aliphatic heterocycles. The van der Waals surface area contributed by atoms with Crippen LogP contribution in [0.4, 0.5) is 0 Å². The summed E-state index contributed by atoms with van der Waals surface area (Å²) in [6.07, 6.45) is 1.69. The third kappa shape index (κ3) is 2.10. The van der Waals surface area contributed by atoms with Gasteiger partial charge in [0, 0.05) is 19.2 Å². The lowest BCUT2D eigenvalue weighted by atomic mass is 10.1. The van der Waals surface area contributed by atoms with E-state index in [1.54, 1.807) is 28.8 Å². The summed E-state index contributed by atoms with van der Waals surface area (Å²) >= 11 is 0. The second-order valence-electron chi connectivity index (χ2n) is 4.53. The maximum absolute atomic E-state index is 12.0. The lowest BCUT2D eigenvalue weighted by molar-refractivity contribution is 0.0488. The minimum Gasteiger partial charge on any atom is -0.390 e. The van der Waals surface area contributed by atoms with Gasteiger partial charge in [-0.1, -0.05) is 10.4 Å². The van der Waals surface area contributed by atoms with E-state index in [1.165, 1.54) is 0 Å². The average Bonchev–Trinajstić information content (AvgIpc) is 2.96. The van der Waals surface area contributed by atoms with Crippen LogP contribution in [-0.2, 0) is 6.61 Å². The van der Waals surface area contributed by atoms with E-state index in [1.807, 2.05) is 0 Å². The first kappa shape index (κ1) is 11.8. The van der Waals surface area contributed by atoms with E-state index in [9.17, 15) is 4.79 Å². The summed E-state index contributed by atoms with van der Waals surface area (Å²) < 4.78 is 6.55. The van der Waals surface area contributed by atoms with Crippen molar-refractivity contribution in [2.75, 3.05) is 13.1 Å². The van der Waals surface area contributed by atoms with Crippen LogP contribution in [0.3, 0.4) is 0 Å². The Kier molecular flexibility index (Phi) is 2.79. The molecule has 0 unspecified atom stereocenters. The minimum atomic E-state index is -0.143. The topological polar surface area (TPSA) is 97.3 Å². The molecule has 3 rings (SSSR count). The fourth-order valence-corrected chi connectivity index (χ4v) is 1.98. The van der Waals surface area contributed by atoms with Crippen LogP contribution in [0.2, 0.25) is 0 Å². The molecular weight excluding hydrogens is 250 g/mol. The van der Waals surface area contributed by atoms with Gasteiger partial charge in [-0.25, -0.2) is 4.68 Å². The number of amides is 1. The number of aromatic nitrogens is 4. The van der Waals surface area contributed by atoms with E-state index in [-0.39, 0.29) is 18.6 Å². The lowest BCUT2D eigenvalue weighted by Crippen LogP contribution is -2.51. The van der Waals surface area contributed by atoms with Gasteiger partial charge in [-0.05, 0) is 6.92 Å². The molecule has 0 spiro atoms. The molecular formula is C11H13N5O3. The maximum Gasteiger partial charge on any atom is 0.276 e. The molecule has 1 fully saturated rings. The Morgan fingerprint density at radius 3 is 2.95 bits per heavy atom. The van der Waals surface area contributed by atoms with E-state index in [2.05, 4.69) is 15.5 Å². The molecule has 0 aromatic carbocycles. The van der Waals surface area contributed by atoms with E-state index in [0.717, 1.165) is 0 Å². The molecule has 1 saturated heterocycles. The Labute approximate surface area is 108 Å². The van der Waals surface area contributed by atoms with Gasteiger partial charge in [-0.15, -0.1) is 5.10 Å². The van der Waals surface area contributed by atoms with Gasteiger partial charge in [0.15, 0.2) is 5.69 Å². The van der Waals surface area contributed by atoms with Crippen molar-refractivity contribution in [3.63, 3.8) is 0 Å². The molecule has 100 valence electrons. The Morgan fingerprint density at radius 1 is 1.58 bits per heavy atom. The molecule has 2 aromatic rings. The normalized spacial score (nSPS) is 15.6. The molecule has 0 saturated carbocycles. The zero-order chi connectivity index (χ0) is 13.4. The Hall–Kier alpha value is -2.22. The molecule has 1 amide bonds. The molecule has 2 aromatic heterocycles. The van der Waals surface area contributed by atoms with Gasteiger partial charge in [0.1, 0.15) is 11.5 Å². The first-order valence-corrected chi connectivity index (χ1v) is 5.91. The quantitative estimate of drug-likeness (QED) is 0.821. The van der Waals surface area contributed by atoms with Crippen LogP contribution < -0.4 is 0 Å². The van der Waals surface area contributed by atoms with Crippen molar-refractivity contribution < 1.29 is 14.4 Å². The van der Waals surface area contributed by atoms with Crippen molar-refractivity contribution in [1.82, 2.24) is 25.1 Å². The Morgan fingerprint density at radius 2 is 2.37 bits per heavy atom. The third-order valence-electron chi connectivity index (χ3n) is 3.09. The standard InChI is InChI=1S/C11H13N5O3/c1-7-2-10(13-19-7)11(18)15-4-9(5-15)16-3-8(6-17)12-14-16/h2-3,9,17H,4-6H2,1H3. The molecule has 1 N–H and O–H groups in total. The number of hydrogen-bond donors (Lipinski definition) is 1. The highest BCUT2D eigenvalue weighted by Gasteiger charge is 2.34. The number of carbonyl (C=O) groups excluding carboxylic acids is 1. The smallest absolute Gasteiger partial charge is 0.276 e. The summed E-state index contributed by atoms with van der Waals surface area (Å²) in [6.45, 7) is 2.72. The van der Waals surface area contributed by atoms with Crippen LogP contribution in [0, 0.1) is 6.92 Å². The molecule has 0 radical (unpaired) electrons. The molecule has 0 atom stereocenters. The minimum absolute atomic E-state index is 0.102. The van der Waals surface area contributed by atoms with Crippen molar-refractivity contribution >= 4 is 5.91 Å². The van der Waals surface area contributed by atoms with Gasteiger partial charge in [0.05, 0.1) is 18.8 Å². The van der Waals surface area contributed by atoms with Crippen LogP contribution in [0.25, 0.3) is 0 Å². The van der Waals surface area contributed by atoms with Crippen LogP contribution in [-0.4, -0.2) is 49.2 Å². The van der Waals surface area contributed by atoms with Crippen LogP contribution in [0.15, 0.2) is 16.8 Å². The number of aliphatic hydroxyl groups is 1. The summed E-state index contributed by atoms with van der Waals surface area (Å²) in [6, 6.07) is 1.72. The zero-order valence-corrected chi connectivity index (χ0v) is 10.4.